The summed E-state index contributed by atoms with van der Waals surface area (Å²) in [7, 11) is 1.75. The lowest BCUT2D eigenvalue weighted by Crippen LogP contribution is -2.34. The fourth-order valence-corrected chi connectivity index (χ4v) is 2.21. The molecule has 0 aromatic carbocycles. The predicted octanol–water partition coefficient (Wildman–Crippen LogP) is 3.27. The molecule has 1 heterocycles. The number of nitrogens with one attached hydrogen (secondary N) is 1. The zero-order chi connectivity index (χ0) is 15.7. The fourth-order valence-electron chi connectivity index (χ4n) is 2.21. The van der Waals surface area contributed by atoms with Crippen molar-refractivity contribution in [2.24, 2.45) is 5.92 Å². The molecule has 0 amide bonds. The molecule has 1 aromatic rings. The summed E-state index contributed by atoms with van der Waals surface area (Å²) >= 11 is 0. The van der Waals surface area contributed by atoms with Crippen LogP contribution in [-0.2, 0) is 17.8 Å². The van der Waals surface area contributed by atoms with Gasteiger partial charge in [-0.1, -0.05) is 20.8 Å². The molecule has 0 fully saturated rings. The van der Waals surface area contributed by atoms with Crippen LogP contribution in [0.1, 0.15) is 45.6 Å². The molecule has 0 bridgehead atoms. The third-order valence-corrected chi connectivity index (χ3v) is 3.72. The van der Waals surface area contributed by atoms with E-state index in [-0.39, 0.29) is 0 Å². The average Bonchev–Trinajstić information content (AvgIpc) is 2.89. The second kappa shape index (κ2) is 9.98. The molecule has 4 heteroatoms. The molecule has 0 spiro atoms. The SMILES string of the molecule is CCC(C)N(CCOC)Cc1ccc(CNCC(C)C)o1. The van der Waals surface area contributed by atoms with Gasteiger partial charge in [-0.2, -0.15) is 0 Å². The standard InChI is InChI=1S/C17H32N2O2/c1-6-15(4)19(9-10-20-5)13-17-8-7-16(21-17)12-18-11-14(2)3/h7-8,14-15,18H,6,9-13H2,1-5H3. The van der Waals surface area contributed by atoms with Gasteiger partial charge in [0, 0.05) is 19.7 Å². The van der Waals surface area contributed by atoms with Crippen molar-refractivity contribution in [3.8, 4) is 0 Å². The van der Waals surface area contributed by atoms with E-state index in [0.717, 1.165) is 50.7 Å². The smallest absolute Gasteiger partial charge is 0.118 e. The van der Waals surface area contributed by atoms with Crippen LogP contribution < -0.4 is 5.32 Å². The Kier molecular flexibility index (Phi) is 8.66. The van der Waals surface area contributed by atoms with Crippen molar-refractivity contribution >= 4 is 0 Å². The molecule has 0 aliphatic rings. The zero-order valence-corrected chi connectivity index (χ0v) is 14.3. The van der Waals surface area contributed by atoms with Crippen LogP contribution in [0.3, 0.4) is 0 Å². The Morgan fingerprint density at radius 1 is 1.24 bits per heavy atom. The first-order valence-electron chi connectivity index (χ1n) is 8.08. The van der Waals surface area contributed by atoms with E-state index in [1.165, 1.54) is 0 Å². The van der Waals surface area contributed by atoms with E-state index in [0.29, 0.717) is 12.0 Å². The molecule has 21 heavy (non-hydrogen) atoms. The number of nitrogens with zero attached hydrogens (tertiary/aromatic N) is 1. The van der Waals surface area contributed by atoms with Gasteiger partial charge in [0.05, 0.1) is 19.7 Å². The summed E-state index contributed by atoms with van der Waals surface area (Å²) in [6, 6.07) is 4.70. The van der Waals surface area contributed by atoms with Crippen LogP contribution in [0.15, 0.2) is 16.5 Å². The van der Waals surface area contributed by atoms with Gasteiger partial charge in [0.2, 0.25) is 0 Å². The van der Waals surface area contributed by atoms with Crippen LogP contribution in [0, 0.1) is 5.92 Å². The summed E-state index contributed by atoms with van der Waals surface area (Å²) in [6.45, 7) is 13.3. The van der Waals surface area contributed by atoms with E-state index >= 15 is 0 Å². The second-order valence-corrected chi connectivity index (χ2v) is 6.11. The minimum Gasteiger partial charge on any atom is -0.463 e. The molecule has 1 aromatic heterocycles. The average molecular weight is 296 g/mol. The van der Waals surface area contributed by atoms with Crippen molar-refractivity contribution in [2.75, 3.05) is 26.8 Å². The van der Waals surface area contributed by atoms with Gasteiger partial charge in [-0.25, -0.2) is 0 Å². The Balaban J connectivity index is 2.49. The minimum absolute atomic E-state index is 0.535. The highest BCUT2D eigenvalue weighted by Crippen LogP contribution is 2.14. The van der Waals surface area contributed by atoms with Crippen molar-refractivity contribution < 1.29 is 9.15 Å². The number of hydrogen-bond acceptors (Lipinski definition) is 4. The van der Waals surface area contributed by atoms with Gasteiger partial charge in [-0.15, -0.1) is 0 Å². The van der Waals surface area contributed by atoms with Crippen LogP contribution >= 0.6 is 0 Å². The lowest BCUT2D eigenvalue weighted by atomic mass is 10.2. The second-order valence-electron chi connectivity index (χ2n) is 6.11. The molecule has 4 nitrogen and oxygen atoms in total. The molecule has 1 rings (SSSR count). The van der Waals surface area contributed by atoms with Gasteiger partial charge in [-0.3, -0.25) is 4.90 Å². The van der Waals surface area contributed by atoms with Crippen molar-refractivity contribution in [3.05, 3.63) is 23.7 Å². The lowest BCUT2D eigenvalue weighted by Gasteiger charge is -2.27. The van der Waals surface area contributed by atoms with Crippen molar-refractivity contribution in [1.82, 2.24) is 10.2 Å². The first kappa shape index (κ1) is 18.2. The zero-order valence-electron chi connectivity index (χ0n) is 14.3. The topological polar surface area (TPSA) is 37.6 Å². The Bertz CT molecular complexity index is 377. The third kappa shape index (κ3) is 7.11. The number of rotatable bonds is 11. The van der Waals surface area contributed by atoms with Crippen LogP contribution in [0.5, 0.6) is 0 Å². The van der Waals surface area contributed by atoms with E-state index in [1.54, 1.807) is 7.11 Å². The van der Waals surface area contributed by atoms with Gasteiger partial charge in [-0.05, 0) is 37.9 Å². The summed E-state index contributed by atoms with van der Waals surface area (Å²) in [5.41, 5.74) is 0. The maximum atomic E-state index is 5.93. The molecule has 0 saturated carbocycles. The maximum absolute atomic E-state index is 5.93. The predicted molar refractivity (Wildman–Crippen MR) is 87.3 cm³/mol. The maximum Gasteiger partial charge on any atom is 0.118 e. The highest BCUT2D eigenvalue weighted by molar-refractivity contribution is 5.07. The Morgan fingerprint density at radius 2 is 1.95 bits per heavy atom. The Labute approximate surface area is 129 Å². The molecule has 1 atom stereocenters. The molecule has 1 unspecified atom stereocenters. The Morgan fingerprint density at radius 3 is 2.57 bits per heavy atom. The highest BCUT2D eigenvalue weighted by atomic mass is 16.5. The van der Waals surface area contributed by atoms with Crippen molar-refractivity contribution in [3.63, 3.8) is 0 Å². The van der Waals surface area contributed by atoms with E-state index in [9.17, 15) is 0 Å². The first-order chi connectivity index (χ1) is 10.1. The van der Waals surface area contributed by atoms with Crippen LogP contribution in [0.4, 0.5) is 0 Å². The number of methoxy groups -OCH3 is 1. The number of furan rings is 1. The first-order valence-corrected chi connectivity index (χ1v) is 8.08. The summed E-state index contributed by atoms with van der Waals surface area (Å²) in [5, 5.41) is 3.41. The minimum atomic E-state index is 0.535. The lowest BCUT2D eigenvalue weighted by molar-refractivity contribution is 0.112. The van der Waals surface area contributed by atoms with Gasteiger partial charge in [0.25, 0.3) is 0 Å². The fraction of sp³-hybridized carbons (Fsp3) is 0.765. The molecule has 0 aliphatic carbocycles. The molecule has 0 radical (unpaired) electrons. The monoisotopic (exact) mass is 296 g/mol. The summed E-state index contributed by atoms with van der Waals surface area (Å²) in [4.78, 5) is 2.41. The van der Waals surface area contributed by atoms with E-state index in [1.807, 2.05) is 0 Å². The number of ether oxygens (including phenoxy) is 1. The molecular formula is C17H32N2O2. The van der Waals surface area contributed by atoms with Crippen molar-refractivity contribution in [2.45, 2.75) is 53.2 Å². The van der Waals surface area contributed by atoms with Gasteiger partial charge in [0.1, 0.15) is 11.5 Å². The van der Waals surface area contributed by atoms with Crippen LogP contribution in [0.2, 0.25) is 0 Å². The van der Waals surface area contributed by atoms with E-state index in [4.69, 9.17) is 9.15 Å². The van der Waals surface area contributed by atoms with Crippen LogP contribution in [0.25, 0.3) is 0 Å². The van der Waals surface area contributed by atoms with Crippen molar-refractivity contribution in [1.29, 1.82) is 0 Å². The molecule has 1 N–H and O–H groups in total. The Hall–Kier alpha value is -0.840. The third-order valence-electron chi connectivity index (χ3n) is 3.72. The quantitative estimate of drug-likeness (QED) is 0.680. The molecule has 0 saturated heterocycles. The summed E-state index contributed by atoms with van der Waals surface area (Å²) in [5.74, 6) is 2.71. The summed E-state index contributed by atoms with van der Waals surface area (Å²) in [6.07, 6.45) is 1.13. The van der Waals surface area contributed by atoms with E-state index in [2.05, 4.69) is 50.0 Å². The largest absolute Gasteiger partial charge is 0.463 e. The highest BCUT2D eigenvalue weighted by Gasteiger charge is 2.14. The molecular weight excluding hydrogens is 264 g/mol. The summed E-state index contributed by atoms with van der Waals surface area (Å²) < 4.78 is 11.1. The molecule has 122 valence electrons. The van der Waals surface area contributed by atoms with Crippen LogP contribution in [-0.4, -0.2) is 37.7 Å². The molecule has 0 aliphatic heterocycles. The van der Waals surface area contributed by atoms with Gasteiger partial charge in [0.15, 0.2) is 0 Å². The van der Waals surface area contributed by atoms with Gasteiger partial charge < -0.3 is 14.5 Å². The van der Waals surface area contributed by atoms with E-state index < -0.39 is 0 Å². The van der Waals surface area contributed by atoms with Gasteiger partial charge >= 0.3 is 0 Å². The normalized spacial score (nSPS) is 13.3. The number of hydrogen-bond donors (Lipinski definition) is 1.